The summed E-state index contributed by atoms with van der Waals surface area (Å²) in [6.45, 7) is 1.97. The molecule has 3 nitrogen and oxygen atoms in total. The maximum Gasteiger partial charge on any atom is 0.0956 e. The van der Waals surface area contributed by atoms with Crippen molar-refractivity contribution in [3.8, 4) is 0 Å². The molecule has 0 aromatic heterocycles. The van der Waals surface area contributed by atoms with Crippen molar-refractivity contribution in [2.75, 3.05) is 0 Å². The molecule has 40 valence electrons. The molecule has 7 heavy (non-hydrogen) atoms. The fraction of sp³-hybridized carbons (Fsp3) is 0.500. The van der Waals surface area contributed by atoms with Crippen LogP contribution in [0.4, 0.5) is 0 Å². The first kappa shape index (κ1) is 4.61. The Morgan fingerprint density at radius 1 is 1.86 bits per heavy atom. The molecular weight excluding hydrogens is 90.1 g/mol. The summed E-state index contributed by atoms with van der Waals surface area (Å²) in [5, 5.41) is 0. The lowest BCUT2D eigenvalue weighted by Crippen LogP contribution is -2.38. The molecule has 1 aliphatic heterocycles. The summed E-state index contributed by atoms with van der Waals surface area (Å²) in [6, 6.07) is 0. The zero-order valence-electron chi connectivity index (χ0n) is 4.23. The lowest BCUT2D eigenvalue weighted by Gasteiger charge is -2.01. The van der Waals surface area contributed by atoms with E-state index in [4.69, 9.17) is 5.73 Å². The molecule has 1 atom stereocenters. The Hall–Kier alpha value is -0.540. The summed E-state index contributed by atoms with van der Waals surface area (Å²) in [4.78, 5) is 0. The van der Waals surface area contributed by atoms with Gasteiger partial charge in [-0.25, -0.2) is 5.43 Å². The molecule has 1 unspecified atom stereocenters. The zero-order valence-corrected chi connectivity index (χ0v) is 4.23. The molecule has 0 aliphatic carbocycles. The van der Waals surface area contributed by atoms with E-state index in [9.17, 15) is 0 Å². The second-order valence-electron chi connectivity index (χ2n) is 1.65. The van der Waals surface area contributed by atoms with Gasteiger partial charge in [0, 0.05) is 6.20 Å². The van der Waals surface area contributed by atoms with Gasteiger partial charge >= 0.3 is 0 Å². The summed E-state index contributed by atoms with van der Waals surface area (Å²) in [5.74, 6) is 0. The second kappa shape index (κ2) is 1.52. The molecule has 1 aliphatic rings. The molecular formula is C4H9N3. The Balaban J connectivity index is 2.54. The van der Waals surface area contributed by atoms with Crippen molar-refractivity contribution in [3.63, 3.8) is 0 Å². The molecule has 4 N–H and O–H groups in total. The monoisotopic (exact) mass is 99.1 g/mol. The van der Waals surface area contributed by atoms with Gasteiger partial charge in [0.15, 0.2) is 0 Å². The molecule has 1 heterocycles. The lowest BCUT2D eigenvalue weighted by molar-refractivity contribution is 0.589. The van der Waals surface area contributed by atoms with E-state index in [1.54, 1.807) is 0 Å². The third kappa shape index (κ3) is 0.730. The van der Waals surface area contributed by atoms with Crippen LogP contribution in [0.2, 0.25) is 0 Å². The van der Waals surface area contributed by atoms with Crippen molar-refractivity contribution in [2.24, 2.45) is 5.73 Å². The maximum atomic E-state index is 5.44. The standard InChI is InChI=1S/C4H9N3/c1-3-2-6-7-4(3)5/h2,4,6-7H,5H2,1H3. The van der Waals surface area contributed by atoms with Gasteiger partial charge in [-0.15, -0.1) is 0 Å². The highest BCUT2D eigenvalue weighted by Gasteiger charge is 2.06. The molecule has 0 saturated heterocycles. The molecule has 0 saturated carbocycles. The molecule has 0 aromatic rings. The fourth-order valence-corrected chi connectivity index (χ4v) is 0.449. The average Bonchev–Trinajstić information content (AvgIpc) is 1.91. The Kier molecular flexibility index (Phi) is 1.00. The number of nitrogens with two attached hydrogens (primary N) is 1. The number of hydrazine groups is 1. The van der Waals surface area contributed by atoms with Gasteiger partial charge in [-0.05, 0) is 12.5 Å². The van der Waals surface area contributed by atoms with Crippen molar-refractivity contribution in [2.45, 2.75) is 13.1 Å². The maximum absolute atomic E-state index is 5.44. The fourth-order valence-electron chi connectivity index (χ4n) is 0.449. The molecule has 0 bridgehead atoms. The van der Waals surface area contributed by atoms with Gasteiger partial charge in [0.1, 0.15) is 0 Å². The molecule has 0 fully saturated rings. The van der Waals surface area contributed by atoms with Crippen molar-refractivity contribution >= 4 is 0 Å². The molecule has 0 aromatic carbocycles. The average molecular weight is 99.1 g/mol. The summed E-state index contributed by atoms with van der Waals surface area (Å²) in [5.41, 5.74) is 12.2. The first-order valence-electron chi connectivity index (χ1n) is 2.24. The minimum absolute atomic E-state index is 0.0139. The first-order chi connectivity index (χ1) is 3.30. The molecule has 1 rings (SSSR count). The number of hydrogen-bond acceptors (Lipinski definition) is 3. The summed E-state index contributed by atoms with van der Waals surface area (Å²) in [7, 11) is 0. The summed E-state index contributed by atoms with van der Waals surface area (Å²) < 4.78 is 0. The van der Waals surface area contributed by atoms with Crippen LogP contribution in [0.1, 0.15) is 6.92 Å². The van der Waals surface area contributed by atoms with Gasteiger partial charge in [-0.3, -0.25) is 0 Å². The third-order valence-corrected chi connectivity index (χ3v) is 1.03. The normalized spacial score (nSPS) is 29.4. The molecule has 0 radical (unpaired) electrons. The van der Waals surface area contributed by atoms with Gasteiger partial charge in [-0.1, -0.05) is 0 Å². The highest BCUT2D eigenvalue weighted by atomic mass is 15.4. The smallest absolute Gasteiger partial charge is 0.0956 e. The van der Waals surface area contributed by atoms with Crippen molar-refractivity contribution in [1.29, 1.82) is 0 Å². The highest BCUT2D eigenvalue weighted by Crippen LogP contribution is 1.95. The van der Waals surface area contributed by atoms with Crippen LogP contribution in [0, 0.1) is 0 Å². The van der Waals surface area contributed by atoms with Crippen LogP contribution in [-0.2, 0) is 0 Å². The van der Waals surface area contributed by atoms with E-state index in [0.717, 1.165) is 5.57 Å². The quantitative estimate of drug-likeness (QED) is 0.376. The van der Waals surface area contributed by atoms with E-state index >= 15 is 0 Å². The van der Waals surface area contributed by atoms with E-state index in [-0.39, 0.29) is 6.17 Å². The van der Waals surface area contributed by atoms with Crippen LogP contribution in [0.3, 0.4) is 0 Å². The molecule has 3 heteroatoms. The number of hydrogen-bond donors (Lipinski definition) is 3. The topological polar surface area (TPSA) is 50.1 Å². The second-order valence-corrected chi connectivity index (χ2v) is 1.65. The van der Waals surface area contributed by atoms with Gasteiger partial charge in [0.25, 0.3) is 0 Å². The Bertz CT molecular complexity index is 97.1. The van der Waals surface area contributed by atoms with E-state index < -0.39 is 0 Å². The number of rotatable bonds is 0. The van der Waals surface area contributed by atoms with Crippen LogP contribution < -0.4 is 16.6 Å². The number of nitrogens with one attached hydrogen (secondary N) is 2. The van der Waals surface area contributed by atoms with Crippen molar-refractivity contribution in [1.82, 2.24) is 10.9 Å². The Morgan fingerprint density at radius 3 is 2.71 bits per heavy atom. The highest BCUT2D eigenvalue weighted by molar-refractivity contribution is 5.07. The van der Waals surface area contributed by atoms with Gasteiger partial charge < -0.3 is 11.2 Å². The van der Waals surface area contributed by atoms with Gasteiger partial charge in [0.2, 0.25) is 0 Å². The summed E-state index contributed by atoms with van der Waals surface area (Å²) >= 11 is 0. The van der Waals surface area contributed by atoms with Crippen LogP contribution >= 0.6 is 0 Å². The van der Waals surface area contributed by atoms with E-state index in [1.165, 1.54) is 0 Å². The third-order valence-electron chi connectivity index (χ3n) is 1.03. The Labute approximate surface area is 42.5 Å². The molecule has 0 spiro atoms. The van der Waals surface area contributed by atoms with Crippen LogP contribution in [0.25, 0.3) is 0 Å². The zero-order chi connectivity index (χ0) is 5.28. The van der Waals surface area contributed by atoms with Gasteiger partial charge in [0.05, 0.1) is 6.17 Å². The van der Waals surface area contributed by atoms with Crippen LogP contribution in [-0.4, -0.2) is 6.17 Å². The predicted octanol–water partition coefficient (Wildman–Crippen LogP) is -0.717. The van der Waals surface area contributed by atoms with Crippen molar-refractivity contribution < 1.29 is 0 Å². The van der Waals surface area contributed by atoms with E-state index in [2.05, 4.69) is 10.9 Å². The van der Waals surface area contributed by atoms with Gasteiger partial charge in [-0.2, -0.15) is 0 Å². The molecule has 0 amide bonds. The predicted molar refractivity (Wildman–Crippen MR) is 28.0 cm³/mol. The largest absolute Gasteiger partial charge is 0.327 e. The minimum Gasteiger partial charge on any atom is -0.327 e. The SMILES string of the molecule is CC1=CNNC1N. The minimum atomic E-state index is 0.0139. The lowest BCUT2D eigenvalue weighted by atomic mass is 10.3. The Morgan fingerprint density at radius 2 is 2.57 bits per heavy atom. The van der Waals surface area contributed by atoms with Crippen LogP contribution in [0.5, 0.6) is 0 Å². The summed E-state index contributed by atoms with van der Waals surface area (Å²) in [6.07, 6.45) is 1.87. The first-order valence-corrected chi connectivity index (χ1v) is 2.24. The van der Waals surface area contributed by atoms with E-state index in [0.29, 0.717) is 0 Å². The van der Waals surface area contributed by atoms with E-state index in [1.807, 2.05) is 13.1 Å². The van der Waals surface area contributed by atoms with Crippen molar-refractivity contribution in [3.05, 3.63) is 11.8 Å². The van der Waals surface area contributed by atoms with Crippen LogP contribution in [0.15, 0.2) is 11.8 Å².